The van der Waals surface area contributed by atoms with Gasteiger partial charge in [0.2, 0.25) is 0 Å². The zero-order valence-corrected chi connectivity index (χ0v) is 20.1. The zero-order valence-electron chi connectivity index (χ0n) is 20.1. The number of anilines is 1. The summed E-state index contributed by atoms with van der Waals surface area (Å²) in [6.45, 7) is 2.14. The van der Waals surface area contributed by atoms with Gasteiger partial charge in [-0.05, 0) is 98.3 Å². The van der Waals surface area contributed by atoms with E-state index in [-0.39, 0.29) is 0 Å². The van der Waals surface area contributed by atoms with Crippen molar-refractivity contribution in [2.75, 3.05) is 32.2 Å². The molecule has 0 radical (unpaired) electrons. The average Bonchev–Trinajstić information content (AvgIpc) is 3.36. The van der Waals surface area contributed by atoms with Crippen LogP contribution >= 0.6 is 0 Å². The Kier molecular flexibility index (Phi) is 5.35. The van der Waals surface area contributed by atoms with Crippen molar-refractivity contribution < 1.29 is 9.47 Å². The van der Waals surface area contributed by atoms with Crippen molar-refractivity contribution in [1.82, 2.24) is 0 Å². The molecule has 1 aliphatic heterocycles. The monoisotopic (exact) mass is 444 g/mol. The lowest BCUT2D eigenvalue weighted by Gasteiger charge is -2.57. The predicted octanol–water partition coefficient (Wildman–Crippen LogP) is 6.52. The first-order valence-corrected chi connectivity index (χ1v) is 12.8. The van der Waals surface area contributed by atoms with E-state index in [1.54, 1.807) is 19.8 Å². The Morgan fingerprint density at radius 3 is 2.03 bits per heavy atom. The Labute approximate surface area is 198 Å². The number of rotatable bonds is 6. The maximum absolute atomic E-state index is 5.72. The molecule has 5 aliphatic rings. The molecule has 4 aliphatic carbocycles. The smallest absolute Gasteiger partial charge is 0.143 e. The quantitative estimate of drug-likeness (QED) is 0.476. The minimum atomic E-state index is 0.443. The summed E-state index contributed by atoms with van der Waals surface area (Å²) < 4.78 is 11.4. The first kappa shape index (κ1) is 21.1. The highest BCUT2D eigenvalue weighted by molar-refractivity contribution is 5.88. The van der Waals surface area contributed by atoms with Gasteiger partial charge in [-0.1, -0.05) is 12.1 Å². The summed E-state index contributed by atoms with van der Waals surface area (Å²) in [6, 6.07) is 13.3. The lowest BCUT2D eigenvalue weighted by molar-refractivity contribution is -0.00518. The van der Waals surface area contributed by atoms with Crippen LogP contribution in [-0.2, 0) is 5.41 Å². The molecule has 0 unspecified atom stereocenters. The van der Waals surface area contributed by atoms with Crippen LogP contribution in [0.25, 0.3) is 0 Å². The third kappa shape index (κ3) is 3.82. The fourth-order valence-electron chi connectivity index (χ4n) is 7.72. The molecule has 4 saturated carbocycles. The first-order chi connectivity index (χ1) is 16.2. The number of hydrogen-bond acceptors (Lipinski definition) is 4. The Morgan fingerprint density at radius 2 is 1.45 bits per heavy atom. The van der Waals surface area contributed by atoms with Gasteiger partial charge in [0.1, 0.15) is 11.5 Å². The Hall–Kier alpha value is -2.49. The largest absolute Gasteiger partial charge is 0.496 e. The van der Waals surface area contributed by atoms with E-state index in [0.29, 0.717) is 5.41 Å². The molecule has 4 nitrogen and oxygen atoms in total. The van der Waals surface area contributed by atoms with E-state index < -0.39 is 0 Å². The summed E-state index contributed by atoms with van der Waals surface area (Å²) >= 11 is 0. The fourth-order valence-corrected chi connectivity index (χ4v) is 7.72. The standard InChI is InChI=1S/C29H36N2O2/c1-32-27-15-26(31-9-3-4-10-31)28(33-2)14-23(27)19-30-25-7-5-24(6-8-25)29-16-20-11-21(17-29)13-22(12-20)18-29/h5-8,14-15,19-22H,3-4,9-13,16-18H2,1-2H3. The zero-order chi connectivity index (χ0) is 22.4. The Bertz CT molecular complexity index is 1000. The van der Waals surface area contributed by atoms with Crippen LogP contribution in [0.5, 0.6) is 11.5 Å². The molecular weight excluding hydrogens is 408 g/mol. The van der Waals surface area contributed by atoms with Crippen molar-refractivity contribution in [3.05, 3.63) is 47.5 Å². The molecule has 33 heavy (non-hydrogen) atoms. The van der Waals surface area contributed by atoms with Crippen molar-refractivity contribution in [2.24, 2.45) is 22.7 Å². The van der Waals surface area contributed by atoms with Crippen molar-refractivity contribution in [3.63, 3.8) is 0 Å². The summed E-state index contributed by atoms with van der Waals surface area (Å²) in [5.41, 5.74) is 5.05. The second-order valence-electron chi connectivity index (χ2n) is 11.0. The van der Waals surface area contributed by atoms with Crippen molar-refractivity contribution in [1.29, 1.82) is 0 Å². The molecule has 2 aromatic carbocycles. The molecule has 5 fully saturated rings. The minimum absolute atomic E-state index is 0.443. The topological polar surface area (TPSA) is 34.1 Å². The summed E-state index contributed by atoms with van der Waals surface area (Å²) in [5.74, 6) is 4.64. The van der Waals surface area contributed by atoms with Gasteiger partial charge in [-0.25, -0.2) is 0 Å². The third-order valence-electron chi connectivity index (χ3n) is 8.85. The van der Waals surface area contributed by atoms with E-state index >= 15 is 0 Å². The highest BCUT2D eigenvalue weighted by Crippen LogP contribution is 2.60. The number of aliphatic imine (C=N–C) groups is 1. The van der Waals surface area contributed by atoms with Gasteiger partial charge in [0, 0.05) is 30.9 Å². The van der Waals surface area contributed by atoms with Crippen LogP contribution in [0, 0.1) is 17.8 Å². The van der Waals surface area contributed by atoms with Crippen molar-refractivity contribution >= 4 is 17.6 Å². The number of hydrogen-bond donors (Lipinski definition) is 0. The van der Waals surface area contributed by atoms with Crippen LogP contribution in [0.1, 0.15) is 62.5 Å². The van der Waals surface area contributed by atoms with Gasteiger partial charge >= 0.3 is 0 Å². The maximum Gasteiger partial charge on any atom is 0.143 e. The summed E-state index contributed by atoms with van der Waals surface area (Å²) in [4.78, 5) is 7.18. The summed E-state index contributed by atoms with van der Waals surface area (Å²) in [5, 5.41) is 0. The number of nitrogens with zero attached hydrogens (tertiary/aromatic N) is 2. The molecule has 0 N–H and O–H groups in total. The van der Waals surface area contributed by atoms with Gasteiger partial charge in [0.15, 0.2) is 0 Å². The molecule has 0 amide bonds. The van der Waals surface area contributed by atoms with Crippen LogP contribution in [0.2, 0.25) is 0 Å². The van der Waals surface area contributed by atoms with E-state index in [2.05, 4.69) is 41.3 Å². The normalized spacial score (nSPS) is 30.4. The van der Waals surface area contributed by atoms with Crippen molar-refractivity contribution in [3.8, 4) is 11.5 Å². The average molecular weight is 445 g/mol. The van der Waals surface area contributed by atoms with Gasteiger partial charge in [0.05, 0.1) is 25.6 Å². The maximum atomic E-state index is 5.72. The molecule has 4 bridgehead atoms. The van der Waals surface area contributed by atoms with Crippen LogP contribution < -0.4 is 14.4 Å². The van der Waals surface area contributed by atoms with E-state index in [0.717, 1.165) is 59.3 Å². The second kappa shape index (κ2) is 8.38. The lowest BCUT2D eigenvalue weighted by atomic mass is 9.48. The van der Waals surface area contributed by atoms with Gasteiger partial charge in [-0.2, -0.15) is 0 Å². The molecule has 1 saturated heterocycles. The van der Waals surface area contributed by atoms with Crippen LogP contribution in [0.4, 0.5) is 11.4 Å². The molecule has 2 aromatic rings. The molecular formula is C29H36N2O2. The first-order valence-electron chi connectivity index (χ1n) is 12.8. The van der Waals surface area contributed by atoms with E-state index in [1.807, 2.05) is 6.21 Å². The second-order valence-corrected chi connectivity index (χ2v) is 11.0. The SMILES string of the molecule is COc1cc(N2CCCC2)c(OC)cc1C=Nc1ccc(C23CC4CC(CC(C4)C2)C3)cc1. The summed E-state index contributed by atoms with van der Waals surface area (Å²) in [7, 11) is 3.47. The third-order valence-corrected chi connectivity index (χ3v) is 8.85. The van der Waals surface area contributed by atoms with E-state index in [1.165, 1.54) is 51.4 Å². The van der Waals surface area contributed by atoms with Gasteiger partial charge in [-0.15, -0.1) is 0 Å². The van der Waals surface area contributed by atoms with Crippen molar-refractivity contribution in [2.45, 2.75) is 56.8 Å². The number of ether oxygens (including phenoxy) is 2. The number of benzene rings is 2. The Morgan fingerprint density at radius 1 is 0.848 bits per heavy atom. The predicted molar refractivity (Wildman–Crippen MR) is 135 cm³/mol. The molecule has 174 valence electrons. The molecule has 1 heterocycles. The van der Waals surface area contributed by atoms with Gasteiger partial charge < -0.3 is 14.4 Å². The molecule has 0 spiro atoms. The van der Waals surface area contributed by atoms with Gasteiger partial charge in [-0.3, -0.25) is 4.99 Å². The van der Waals surface area contributed by atoms with Gasteiger partial charge in [0.25, 0.3) is 0 Å². The van der Waals surface area contributed by atoms with Crippen LogP contribution in [-0.4, -0.2) is 33.5 Å². The minimum Gasteiger partial charge on any atom is -0.496 e. The number of methoxy groups -OCH3 is 2. The Balaban J connectivity index is 1.23. The lowest BCUT2D eigenvalue weighted by Crippen LogP contribution is -2.48. The van der Waals surface area contributed by atoms with E-state index in [9.17, 15) is 0 Å². The fraction of sp³-hybridized carbons (Fsp3) is 0.552. The summed E-state index contributed by atoms with van der Waals surface area (Å²) in [6.07, 6.45) is 13.1. The molecule has 4 heteroatoms. The molecule has 0 atom stereocenters. The van der Waals surface area contributed by atoms with Crippen LogP contribution in [0.15, 0.2) is 41.4 Å². The highest BCUT2D eigenvalue weighted by Gasteiger charge is 2.51. The molecule has 0 aromatic heterocycles. The van der Waals surface area contributed by atoms with Crippen LogP contribution in [0.3, 0.4) is 0 Å². The highest BCUT2D eigenvalue weighted by atomic mass is 16.5. The molecule has 7 rings (SSSR count). The van der Waals surface area contributed by atoms with E-state index in [4.69, 9.17) is 14.5 Å².